The van der Waals surface area contributed by atoms with Crippen molar-refractivity contribution >= 4 is 48.9 Å². The summed E-state index contributed by atoms with van der Waals surface area (Å²) < 4.78 is 27.7. The van der Waals surface area contributed by atoms with Crippen molar-refractivity contribution in [3.63, 3.8) is 0 Å². The van der Waals surface area contributed by atoms with Crippen molar-refractivity contribution in [1.82, 2.24) is 0 Å². The van der Waals surface area contributed by atoms with E-state index in [2.05, 4.69) is 20.7 Å². The zero-order chi connectivity index (χ0) is 14.9. The normalized spacial score (nSPS) is 11.3. The van der Waals surface area contributed by atoms with Gasteiger partial charge in [0, 0.05) is 4.47 Å². The number of rotatable bonds is 3. The number of hydrogen-bond acceptors (Lipinski definition) is 3. The maximum atomic E-state index is 12.3. The van der Waals surface area contributed by atoms with Gasteiger partial charge < -0.3 is 5.73 Å². The standard InChI is InChI=1S/C13H12BrClN2O2S/c1-8-2-5-12(10(15)6-8)17-20(18,19)13-7-9(14)3-4-11(13)16/h2-7,17H,16H2,1H3. The summed E-state index contributed by atoms with van der Waals surface area (Å²) in [5, 5.41) is 0.335. The Balaban J connectivity index is 2.43. The lowest BCUT2D eigenvalue weighted by atomic mass is 10.2. The number of sulfonamides is 1. The van der Waals surface area contributed by atoms with Crippen LogP contribution in [0.1, 0.15) is 5.56 Å². The zero-order valence-electron chi connectivity index (χ0n) is 10.5. The molecule has 7 heteroatoms. The summed E-state index contributed by atoms with van der Waals surface area (Å²) in [4.78, 5) is 0.00326. The Bertz CT molecular complexity index is 763. The Morgan fingerprint density at radius 2 is 1.90 bits per heavy atom. The number of aryl methyl sites for hydroxylation is 1. The number of nitrogens with two attached hydrogens (primary N) is 1. The Hall–Kier alpha value is -1.24. The second-order valence-corrected chi connectivity index (χ2v) is 7.24. The molecule has 2 aromatic rings. The summed E-state index contributed by atoms with van der Waals surface area (Å²) in [5.74, 6) is 0. The number of halogens is 2. The van der Waals surface area contributed by atoms with E-state index in [1.807, 2.05) is 6.92 Å². The Kier molecular flexibility index (Phi) is 4.27. The third-order valence-electron chi connectivity index (χ3n) is 2.63. The monoisotopic (exact) mass is 374 g/mol. The summed E-state index contributed by atoms with van der Waals surface area (Å²) >= 11 is 9.25. The molecule has 2 aromatic carbocycles. The molecule has 0 radical (unpaired) electrons. The van der Waals surface area contributed by atoms with Crippen molar-refractivity contribution in [3.8, 4) is 0 Å². The number of anilines is 2. The summed E-state index contributed by atoms with van der Waals surface area (Å²) in [6, 6.07) is 9.71. The van der Waals surface area contributed by atoms with Gasteiger partial charge in [-0.05, 0) is 42.8 Å². The first-order valence-electron chi connectivity index (χ1n) is 5.63. The van der Waals surface area contributed by atoms with Gasteiger partial charge in [-0.3, -0.25) is 4.72 Å². The van der Waals surface area contributed by atoms with E-state index in [1.165, 1.54) is 12.1 Å². The number of benzene rings is 2. The maximum absolute atomic E-state index is 12.3. The minimum atomic E-state index is -3.79. The predicted octanol–water partition coefficient (Wildman–Crippen LogP) is 3.79. The highest BCUT2D eigenvalue weighted by Crippen LogP contribution is 2.28. The highest BCUT2D eigenvalue weighted by Gasteiger charge is 2.19. The summed E-state index contributed by atoms with van der Waals surface area (Å²) in [7, 11) is -3.79. The van der Waals surface area contributed by atoms with Crippen LogP contribution in [0.15, 0.2) is 45.8 Å². The van der Waals surface area contributed by atoms with Crippen LogP contribution in [0.5, 0.6) is 0 Å². The van der Waals surface area contributed by atoms with Crippen molar-refractivity contribution in [2.75, 3.05) is 10.5 Å². The fourth-order valence-corrected chi connectivity index (χ4v) is 3.73. The van der Waals surface area contributed by atoms with E-state index in [4.69, 9.17) is 17.3 Å². The molecule has 2 rings (SSSR count). The topological polar surface area (TPSA) is 72.2 Å². The van der Waals surface area contributed by atoms with Gasteiger partial charge in [-0.2, -0.15) is 0 Å². The molecule has 0 unspecified atom stereocenters. The van der Waals surface area contributed by atoms with Crippen molar-refractivity contribution in [1.29, 1.82) is 0 Å². The van der Waals surface area contributed by atoms with Crippen LogP contribution in [0.25, 0.3) is 0 Å². The van der Waals surface area contributed by atoms with Crippen molar-refractivity contribution in [3.05, 3.63) is 51.5 Å². The molecule has 0 fully saturated rings. The molecule has 4 nitrogen and oxygen atoms in total. The molecule has 0 saturated heterocycles. The fourth-order valence-electron chi connectivity index (χ4n) is 1.64. The van der Waals surface area contributed by atoms with Gasteiger partial charge in [0.1, 0.15) is 4.90 Å². The maximum Gasteiger partial charge on any atom is 0.264 e. The molecule has 0 spiro atoms. The Morgan fingerprint density at radius 1 is 1.20 bits per heavy atom. The van der Waals surface area contributed by atoms with Crippen molar-refractivity contribution in [2.24, 2.45) is 0 Å². The van der Waals surface area contributed by atoms with Gasteiger partial charge in [0.05, 0.1) is 16.4 Å². The molecule has 0 heterocycles. The van der Waals surface area contributed by atoms with E-state index < -0.39 is 10.0 Å². The van der Waals surface area contributed by atoms with E-state index >= 15 is 0 Å². The fraction of sp³-hybridized carbons (Fsp3) is 0.0769. The molecule has 0 aliphatic rings. The minimum Gasteiger partial charge on any atom is -0.398 e. The van der Waals surface area contributed by atoms with Crippen LogP contribution in [0.3, 0.4) is 0 Å². The molecule has 106 valence electrons. The summed E-state index contributed by atoms with van der Waals surface area (Å²) in [6.07, 6.45) is 0. The lowest BCUT2D eigenvalue weighted by molar-refractivity contribution is 0.601. The molecule has 0 aliphatic carbocycles. The van der Waals surface area contributed by atoms with Gasteiger partial charge in [0.2, 0.25) is 0 Å². The van der Waals surface area contributed by atoms with Gasteiger partial charge in [-0.15, -0.1) is 0 Å². The average Bonchev–Trinajstić information content (AvgIpc) is 2.35. The van der Waals surface area contributed by atoms with Gasteiger partial charge in [-0.1, -0.05) is 33.6 Å². The first-order valence-corrected chi connectivity index (χ1v) is 8.29. The first-order chi connectivity index (χ1) is 9.29. The van der Waals surface area contributed by atoms with Gasteiger partial charge in [-0.25, -0.2) is 8.42 Å². The van der Waals surface area contributed by atoms with Crippen LogP contribution in [0.2, 0.25) is 5.02 Å². The molecule has 20 heavy (non-hydrogen) atoms. The molecular weight excluding hydrogens is 364 g/mol. The lowest BCUT2D eigenvalue weighted by Crippen LogP contribution is -2.15. The number of nitrogens with one attached hydrogen (secondary N) is 1. The van der Waals surface area contributed by atoms with Crippen molar-refractivity contribution in [2.45, 2.75) is 11.8 Å². The highest BCUT2D eigenvalue weighted by atomic mass is 79.9. The second kappa shape index (κ2) is 5.63. The molecule has 0 aromatic heterocycles. The SMILES string of the molecule is Cc1ccc(NS(=O)(=O)c2cc(Br)ccc2N)c(Cl)c1. The van der Waals surface area contributed by atoms with E-state index in [0.29, 0.717) is 15.2 Å². The number of nitrogen functional groups attached to an aromatic ring is 1. The van der Waals surface area contributed by atoms with Crippen LogP contribution < -0.4 is 10.5 Å². The third kappa shape index (κ3) is 3.26. The van der Waals surface area contributed by atoms with Crippen molar-refractivity contribution < 1.29 is 8.42 Å². The second-order valence-electron chi connectivity index (χ2n) is 4.27. The third-order valence-corrected chi connectivity index (χ3v) is 4.86. The van der Waals surface area contributed by atoms with E-state index in [9.17, 15) is 8.42 Å². The summed E-state index contributed by atoms with van der Waals surface area (Å²) in [6.45, 7) is 1.87. The van der Waals surface area contributed by atoms with E-state index in [0.717, 1.165) is 5.56 Å². The van der Waals surface area contributed by atoms with E-state index in [-0.39, 0.29) is 10.6 Å². The minimum absolute atomic E-state index is 0.00326. The van der Waals surface area contributed by atoms with Gasteiger partial charge in [0.15, 0.2) is 0 Å². The molecule has 3 N–H and O–H groups in total. The molecular formula is C13H12BrClN2O2S. The van der Waals surface area contributed by atoms with Gasteiger partial charge in [0.25, 0.3) is 10.0 Å². The molecule has 0 atom stereocenters. The summed E-state index contributed by atoms with van der Waals surface area (Å²) in [5.41, 5.74) is 7.15. The molecule has 0 amide bonds. The van der Waals surface area contributed by atoms with Crippen LogP contribution in [-0.4, -0.2) is 8.42 Å². The smallest absolute Gasteiger partial charge is 0.264 e. The van der Waals surface area contributed by atoms with E-state index in [1.54, 1.807) is 24.3 Å². The predicted molar refractivity (Wildman–Crippen MR) is 85.6 cm³/mol. The quantitative estimate of drug-likeness (QED) is 0.802. The Morgan fingerprint density at radius 3 is 2.55 bits per heavy atom. The molecule has 0 saturated carbocycles. The largest absolute Gasteiger partial charge is 0.398 e. The van der Waals surface area contributed by atoms with Crippen LogP contribution in [-0.2, 0) is 10.0 Å². The van der Waals surface area contributed by atoms with Crippen LogP contribution >= 0.6 is 27.5 Å². The molecule has 0 aliphatic heterocycles. The van der Waals surface area contributed by atoms with Crippen LogP contribution in [0, 0.1) is 6.92 Å². The highest BCUT2D eigenvalue weighted by molar-refractivity contribution is 9.10. The first kappa shape index (κ1) is 15.2. The number of hydrogen-bond donors (Lipinski definition) is 2. The Labute approximate surface area is 131 Å². The molecule has 0 bridgehead atoms. The zero-order valence-corrected chi connectivity index (χ0v) is 13.7. The van der Waals surface area contributed by atoms with Gasteiger partial charge >= 0.3 is 0 Å². The average molecular weight is 376 g/mol. The lowest BCUT2D eigenvalue weighted by Gasteiger charge is -2.12. The van der Waals surface area contributed by atoms with Crippen LogP contribution in [0.4, 0.5) is 11.4 Å².